The highest BCUT2D eigenvalue weighted by molar-refractivity contribution is 6.30. The summed E-state index contributed by atoms with van der Waals surface area (Å²) in [4.78, 5) is 11.8. The standard InChI is InChI=1S/C16H20ClNO3/c17-13-8-6-12(7-9-13)15(18-20)10-11-16(19)21-14-4-2-1-3-5-14/h6-9,14,20H,1-5,10-11H2. The van der Waals surface area contributed by atoms with Crippen molar-refractivity contribution in [3.63, 3.8) is 0 Å². The molecule has 0 aliphatic heterocycles. The lowest BCUT2D eigenvalue weighted by molar-refractivity contribution is -0.150. The molecule has 1 aliphatic rings. The van der Waals surface area contributed by atoms with Crippen LogP contribution in [0.2, 0.25) is 5.02 Å². The molecule has 0 unspecified atom stereocenters. The van der Waals surface area contributed by atoms with Gasteiger partial charge in [-0.15, -0.1) is 0 Å². The van der Waals surface area contributed by atoms with E-state index in [0.29, 0.717) is 17.2 Å². The highest BCUT2D eigenvalue weighted by atomic mass is 35.5. The van der Waals surface area contributed by atoms with Crippen molar-refractivity contribution in [1.29, 1.82) is 0 Å². The Balaban J connectivity index is 1.82. The maximum Gasteiger partial charge on any atom is 0.306 e. The zero-order valence-corrected chi connectivity index (χ0v) is 12.7. The van der Waals surface area contributed by atoms with Crippen LogP contribution in [0.1, 0.15) is 50.5 Å². The Bertz CT molecular complexity index is 493. The minimum atomic E-state index is -0.225. The first-order chi connectivity index (χ1) is 10.2. The van der Waals surface area contributed by atoms with Crippen LogP contribution in [0.25, 0.3) is 0 Å². The first-order valence-electron chi connectivity index (χ1n) is 7.35. The Hall–Kier alpha value is -1.55. The molecule has 1 N–H and O–H groups in total. The van der Waals surface area contributed by atoms with Crippen LogP contribution in [-0.2, 0) is 9.53 Å². The number of oxime groups is 1. The summed E-state index contributed by atoms with van der Waals surface area (Å²) < 4.78 is 5.44. The number of rotatable bonds is 5. The Morgan fingerprint density at radius 2 is 1.86 bits per heavy atom. The van der Waals surface area contributed by atoms with E-state index in [4.69, 9.17) is 21.5 Å². The molecule has 0 saturated heterocycles. The van der Waals surface area contributed by atoms with Gasteiger partial charge in [0.05, 0.1) is 12.1 Å². The average Bonchev–Trinajstić information content (AvgIpc) is 2.50. The van der Waals surface area contributed by atoms with E-state index in [9.17, 15) is 4.79 Å². The summed E-state index contributed by atoms with van der Waals surface area (Å²) in [5, 5.41) is 13.0. The van der Waals surface area contributed by atoms with Crippen LogP contribution in [-0.4, -0.2) is 23.0 Å². The zero-order valence-electron chi connectivity index (χ0n) is 11.9. The molecule has 0 aromatic heterocycles. The van der Waals surface area contributed by atoms with Crippen molar-refractivity contribution in [2.24, 2.45) is 5.16 Å². The molecule has 5 heteroatoms. The number of nitrogens with zero attached hydrogens (tertiary/aromatic N) is 1. The third-order valence-corrected chi connectivity index (χ3v) is 3.97. The van der Waals surface area contributed by atoms with Crippen LogP contribution in [0.4, 0.5) is 0 Å². The Kier molecular flexibility index (Phi) is 6.05. The summed E-state index contributed by atoms with van der Waals surface area (Å²) in [6.45, 7) is 0. The molecular weight excluding hydrogens is 290 g/mol. The summed E-state index contributed by atoms with van der Waals surface area (Å²) >= 11 is 5.82. The van der Waals surface area contributed by atoms with Gasteiger partial charge in [0.1, 0.15) is 6.10 Å². The molecule has 0 radical (unpaired) electrons. The van der Waals surface area contributed by atoms with Gasteiger partial charge in [0.15, 0.2) is 0 Å². The van der Waals surface area contributed by atoms with Gasteiger partial charge in [-0.05, 0) is 43.4 Å². The molecule has 1 aromatic carbocycles. The van der Waals surface area contributed by atoms with E-state index >= 15 is 0 Å². The molecule has 0 bridgehead atoms. The molecule has 1 saturated carbocycles. The van der Waals surface area contributed by atoms with E-state index < -0.39 is 0 Å². The van der Waals surface area contributed by atoms with Crippen molar-refractivity contribution < 1.29 is 14.7 Å². The van der Waals surface area contributed by atoms with Gasteiger partial charge < -0.3 is 9.94 Å². The molecule has 0 spiro atoms. The van der Waals surface area contributed by atoms with Crippen LogP contribution in [0.3, 0.4) is 0 Å². The van der Waals surface area contributed by atoms with Gasteiger partial charge in [0, 0.05) is 11.4 Å². The van der Waals surface area contributed by atoms with Crippen molar-refractivity contribution in [1.82, 2.24) is 0 Å². The van der Waals surface area contributed by atoms with E-state index in [2.05, 4.69) is 5.16 Å². The smallest absolute Gasteiger partial charge is 0.306 e. The first-order valence-corrected chi connectivity index (χ1v) is 7.73. The van der Waals surface area contributed by atoms with Gasteiger partial charge in [-0.1, -0.05) is 35.3 Å². The van der Waals surface area contributed by atoms with Crippen LogP contribution in [0, 0.1) is 0 Å². The highest BCUT2D eigenvalue weighted by Crippen LogP contribution is 2.21. The summed E-state index contributed by atoms with van der Waals surface area (Å²) in [7, 11) is 0. The van der Waals surface area contributed by atoms with Gasteiger partial charge in [-0.3, -0.25) is 4.79 Å². The number of esters is 1. The molecule has 4 nitrogen and oxygen atoms in total. The molecule has 0 atom stereocenters. The SMILES string of the molecule is O=C(CCC(=NO)c1ccc(Cl)cc1)OC1CCCCC1. The van der Waals surface area contributed by atoms with Gasteiger partial charge in [-0.2, -0.15) is 0 Å². The second kappa shape index (κ2) is 8.03. The van der Waals surface area contributed by atoms with E-state index in [-0.39, 0.29) is 18.5 Å². The van der Waals surface area contributed by atoms with Crippen LogP contribution >= 0.6 is 11.6 Å². The summed E-state index contributed by atoms with van der Waals surface area (Å²) in [5.41, 5.74) is 1.22. The van der Waals surface area contributed by atoms with E-state index in [1.807, 2.05) is 0 Å². The predicted octanol–water partition coefficient (Wildman–Crippen LogP) is 4.17. The Morgan fingerprint density at radius 1 is 1.19 bits per heavy atom. The number of carbonyl (C=O) groups excluding carboxylic acids is 1. The van der Waals surface area contributed by atoms with E-state index in [1.165, 1.54) is 6.42 Å². The number of hydrogen-bond acceptors (Lipinski definition) is 4. The van der Waals surface area contributed by atoms with Crippen molar-refractivity contribution >= 4 is 23.3 Å². The lowest BCUT2D eigenvalue weighted by atomic mass is 9.98. The molecular formula is C16H20ClNO3. The number of halogens is 1. The van der Waals surface area contributed by atoms with Crippen molar-refractivity contribution in [2.75, 3.05) is 0 Å². The predicted molar refractivity (Wildman–Crippen MR) is 82.0 cm³/mol. The zero-order chi connectivity index (χ0) is 15.1. The van der Waals surface area contributed by atoms with Crippen LogP contribution in [0.5, 0.6) is 0 Å². The van der Waals surface area contributed by atoms with Crippen molar-refractivity contribution in [2.45, 2.75) is 51.0 Å². The van der Waals surface area contributed by atoms with Crippen LogP contribution in [0.15, 0.2) is 29.4 Å². The fourth-order valence-electron chi connectivity index (χ4n) is 2.54. The maximum absolute atomic E-state index is 11.8. The molecule has 1 aromatic rings. The number of ether oxygens (including phenoxy) is 1. The van der Waals surface area contributed by atoms with Gasteiger partial charge in [-0.25, -0.2) is 0 Å². The Morgan fingerprint density at radius 3 is 2.48 bits per heavy atom. The minimum absolute atomic E-state index is 0.0660. The van der Waals surface area contributed by atoms with Gasteiger partial charge >= 0.3 is 5.97 Å². The third-order valence-electron chi connectivity index (χ3n) is 3.71. The molecule has 114 valence electrons. The summed E-state index contributed by atoms with van der Waals surface area (Å²) in [5.74, 6) is -0.225. The quantitative estimate of drug-likeness (QED) is 0.384. The van der Waals surface area contributed by atoms with Gasteiger partial charge in [0.25, 0.3) is 0 Å². The fraction of sp³-hybridized carbons (Fsp3) is 0.500. The molecule has 1 aliphatic carbocycles. The Labute approximate surface area is 129 Å². The number of carbonyl (C=O) groups is 1. The molecule has 21 heavy (non-hydrogen) atoms. The van der Waals surface area contributed by atoms with Crippen LogP contribution < -0.4 is 0 Å². The average molecular weight is 310 g/mol. The van der Waals surface area contributed by atoms with E-state index in [1.54, 1.807) is 24.3 Å². The largest absolute Gasteiger partial charge is 0.462 e. The fourth-order valence-corrected chi connectivity index (χ4v) is 2.67. The maximum atomic E-state index is 11.8. The second-order valence-electron chi connectivity index (χ2n) is 5.30. The first kappa shape index (κ1) is 15.8. The van der Waals surface area contributed by atoms with E-state index in [0.717, 1.165) is 31.2 Å². The summed E-state index contributed by atoms with van der Waals surface area (Å²) in [6.07, 6.45) is 6.05. The molecule has 0 heterocycles. The third kappa shape index (κ3) is 5.05. The topological polar surface area (TPSA) is 58.9 Å². The monoisotopic (exact) mass is 309 g/mol. The second-order valence-corrected chi connectivity index (χ2v) is 5.74. The summed E-state index contributed by atoms with van der Waals surface area (Å²) in [6, 6.07) is 6.98. The lowest BCUT2D eigenvalue weighted by Gasteiger charge is -2.21. The number of hydrogen-bond donors (Lipinski definition) is 1. The molecule has 0 amide bonds. The van der Waals surface area contributed by atoms with Crippen molar-refractivity contribution in [3.8, 4) is 0 Å². The highest BCUT2D eigenvalue weighted by Gasteiger charge is 2.18. The lowest BCUT2D eigenvalue weighted by Crippen LogP contribution is -2.21. The normalized spacial score (nSPS) is 16.7. The van der Waals surface area contributed by atoms with Gasteiger partial charge in [0.2, 0.25) is 0 Å². The molecule has 1 fully saturated rings. The molecule has 2 rings (SSSR count). The minimum Gasteiger partial charge on any atom is -0.462 e. The number of benzene rings is 1. The van der Waals surface area contributed by atoms with Crippen molar-refractivity contribution in [3.05, 3.63) is 34.9 Å².